The highest BCUT2D eigenvalue weighted by Crippen LogP contribution is 2.22. The molecular weight excluding hydrogens is 186 g/mol. The molecule has 1 unspecified atom stereocenters. The van der Waals surface area contributed by atoms with Crippen LogP contribution in [0.1, 0.15) is 19.8 Å². The smallest absolute Gasteiger partial charge is 0.248 e. The zero-order valence-corrected chi connectivity index (χ0v) is 8.69. The third kappa shape index (κ3) is 2.59. The predicted molar refractivity (Wildman–Crippen MR) is 54.8 cm³/mol. The molecule has 0 aromatic heterocycles. The van der Waals surface area contributed by atoms with E-state index in [1.165, 1.54) is 5.57 Å². The highest BCUT2D eigenvalue weighted by Gasteiger charge is 2.18. The number of allylic oxidation sites excluding steroid dienone is 3. The van der Waals surface area contributed by atoms with Gasteiger partial charge in [-0.15, -0.1) is 11.6 Å². The van der Waals surface area contributed by atoms with Gasteiger partial charge >= 0.3 is 0 Å². The van der Waals surface area contributed by atoms with Crippen LogP contribution in [0.2, 0.25) is 0 Å². The molecule has 1 rings (SSSR count). The lowest BCUT2D eigenvalue weighted by molar-refractivity contribution is -0.117. The van der Waals surface area contributed by atoms with Crippen molar-refractivity contribution in [3.05, 3.63) is 23.3 Å². The van der Waals surface area contributed by atoms with Crippen molar-refractivity contribution in [2.45, 2.75) is 25.1 Å². The Hall–Kier alpha value is -0.760. The van der Waals surface area contributed by atoms with Crippen molar-refractivity contribution in [2.75, 3.05) is 7.05 Å². The molecule has 0 spiro atoms. The Labute approximate surface area is 83.7 Å². The summed E-state index contributed by atoms with van der Waals surface area (Å²) in [5.41, 5.74) is 1.94. The Morgan fingerprint density at radius 2 is 2.31 bits per heavy atom. The highest BCUT2D eigenvalue weighted by molar-refractivity contribution is 6.25. The number of hydrogen-bond donors (Lipinski definition) is 1. The summed E-state index contributed by atoms with van der Waals surface area (Å²) in [5, 5.41) is 2.43. The Balaban J connectivity index is 2.85. The van der Waals surface area contributed by atoms with Crippen LogP contribution in [-0.4, -0.2) is 18.3 Å². The van der Waals surface area contributed by atoms with Crippen molar-refractivity contribution in [3.63, 3.8) is 0 Å². The average Bonchev–Trinajstić information content (AvgIpc) is 2.28. The van der Waals surface area contributed by atoms with E-state index < -0.39 is 0 Å². The van der Waals surface area contributed by atoms with E-state index in [0.29, 0.717) is 5.57 Å². The van der Waals surface area contributed by atoms with E-state index in [2.05, 4.69) is 5.32 Å². The van der Waals surface area contributed by atoms with Crippen molar-refractivity contribution in [2.24, 2.45) is 0 Å². The van der Waals surface area contributed by atoms with E-state index >= 15 is 0 Å². The number of amides is 1. The highest BCUT2D eigenvalue weighted by atomic mass is 35.5. The molecule has 1 atom stereocenters. The fourth-order valence-electron chi connectivity index (χ4n) is 1.29. The standard InChI is InChI=1S/C10H14ClNO/c1-7-3-5-8(10(13)12-2)9(11)6-4-7/h3,5,9H,4,6H2,1-2H3,(H,12,13). The zero-order valence-electron chi connectivity index (χ0n) is 7.93. The topological polar surface area (TPSA) is 29.1 Å². The van der Waals surface area contributed by atoms with Crippen LogP contribution in [0.4, 0.5) is 0 Å². The lowest BCUT2D eigenvalue weighted by Gasteiger charge is -2.09. The monoisotopic (exact) mass is 199 g/mol. The number of alkyl halides is 1. The number of nitrogens with one attached hydrogen (secondary N) is 1. The van der Waals surface area contributed by atoms with Crippen LogP contribution in [0.5, 0.6) is 0 Å². The lowest BCUT2D eigenvalue weighted by atomic mass is 10.1. The number of carbonyl (C=O) groups is 1. The van der Waals surface area contributed by atoms with E-state index in [0.717, 1.165) is 12.8 Å². The molecule has 1 aliphatic carbocycles. The second-order valence-electron chi connectivity index (χ2n) is 3.22. The largest absolute Gasteiger partial charge is 0.355 e. The molecule has 0 saturated carbocycles. The maximum Gasteiger partial charge on any atom is 0.248 e. The van der Waals surface area contributed by atoms with Gasteiger partial charge in [0.2, 0.25) is 5.91 Å². The van der Waals surface area contributed by atoms with Gasteiger partial charge in [0.25, 0.3) is 0 Å². The summed E-state index contributed by atoms with van der Waals surface area (Å²) < 4.78 is 0. The number of halogens is 1. The molecule has 72 valence electrons. The summed E-state index contributed by atoms with van der Waals surface area (Å²) in [6.45, 7) is 2.05. The van der Waals surface area contributed by atoms with Gasteiger partial charge in [0.05, 0.1) is 5.38 Å². The number of hydrogen-bond acceptors (Lipinski definition) is 1. The maximum atomic E-state index is 11.3. The minimum Gasteiger partial charge on any atom is -0.355 e. The molecule has 1 N–H and O–H groups in total. The van der Waals surface area contributed by atoms with Crippen LogP contribution in [0.15, 0.2) is 23.3 Å². The average molecular weight is 200 g/mol. The van der Waals surface area contributed by atoms with E-state index in [-0.39, 0.29) is 11.3 Å². The first-order valence-corrected chi connectivity index (χ1v) is 4.82. The van der Waals surface area contributed by atoms with Crippen molar-refractivity contribution >= 4 is 17.5 Å². The molecule has 0 heterocycles. The van der Waals surface area contributed by atoms with Crippen LogP contribution in [-0.2, 0) is 4.79 Å². The Morgan fingerprint density at radius 1 is 1.62 bits per heavy atom. The molecule has 0 saturated heterocycles. The first-order valence-electron chi connectivity index (χ1n) is 4.38. The second-order valence-corrected chi connectivity index (χ2v) is 3.75. The molecule has 0 aromatic rings. The summed E-state index contributed by atoms with van der Waals surface area (Å²) in [6.07, 6.45) is 5.58. The molecule has 0 aromatic carbocycles. The van der Waals surface area contributed by atoms with Crippen LogP contribution in [0.3, 0.4) is 0 Å². The Morgan fingerprint density at radius 3 is 2.92 bits per heavy atom. The number of carbonyl (C=O) groups excluding carboxylic acids is 1. The molecule has 2 nitrogen and oxygen atoms in total. The van der Waals surface area contributed by atoms with E-state index in [1.54, 1.807) is 7.05 Å². The van der Waals surface area contributed by atoms with Crippen molar-refractivity contribution in [1.82, 2.24) is 5.32 Å². The lowest BCUT2D eigenvalue weighted by Crippen LogP contribution is -2.24. The molecule has 0 fully saturated rings. The molecule has 0 aliphatic heterocycles. The molecule has 0 radical (unpaired) electrons. The third-order valence-electron chi connectivity index (χ3n) is 2.17. The van der Waals surface area contributed by atoms with Crippen LogP contribution >= 0.6 is 11.6 Å². The van der Waals surface area contributed by atoms with Crippen LogP contribution in [0.25, 0.3) is 0 Å². The normalized spacial score (nSPS) is 22.8. The number of rotatable bonds is 1. The van der Waals surface area contributed by atoms with Gasteiger partial charge in [-0.1, -0.05) is 17.7 Å². The molecule has 3 heteroatoms. The van der Waals surface area contributed by atoms with Crippen molar-refractivity contribution in [1.29, 1.82) is 0 Å². The number of likely N-dealkylation sites (N-methyl/N-ethyl adjacent to an activating group) is 1. The molecular formula is C10H14ClNO. The van der Waals surface area contributed by atoms with Crippen molar-refractivity contribution < 1.29 is 4.79 Å². The second kappa shape index (κ2) is 4.47. The van der Waals surface area contributed by atoms with Gasteiger partial charge in [0, 0.05) is 12.6 Å². The van der Waals surface area contributed by atoms with Crippen molar-refractivity contribution in [3.8, 4) is 0 Å². The minimum absolute atomic E-state index is 0.0778. The van der Waals surface area contributed by atoms with Gasteiger partial charge in [-0.05, 0) is 19.8 Å². The molecule has 0 bridgehead atoms. The van der Waals surface area contributed by atoms with Gasteiger partial charge in [-0.3, -0.25) is 4.79 Å². The summed E-state index contributed by atoms with van der Waals surface area (Å²) in [6, 6.07) is 0. The fraction of sp³-hybridized carbons (Fsp3) is 0.500. The Kier molecular flexibility index (Phi) is 3.55. The summed E-state index contributed by atoms with van der Waals surface area (Å²) in [7, 11) is 1.62. The van der Waals surface area contributed by atoms with Gasteiger partial charge in [-0.25, -0.2) is 0 Å². The first kappa shape index (κ1) is 10.3. The first-order chi connectivity index (χ1) is 6.15. The third-order valence-corrected chi connectivity index (χ3v) is 2.62. The molecule has 1 amide bonds. The van der Waals surface area contributed by atoms with Gasteiger partial charge in [0.15, 0.2) is 0 Å². The van der Waals surface area contributed by atoms with Gasteiger partial charge in [-0.2, -0.15) is 0 Å². The van der Waals surface area contributed by atoms with E-state index in [9.17, 15) is 4.79 Å². The molecule has 13 heavy (non-hydrogen) atoms. The summed E-state index contributed by atoms with van der Waals surface area (Å²) in [5.74, 6) is -0.0778. The Bertz CT molecular complexity index is 268. The molecule has 1 aliphatic rings. The quantitative estimate of drug-likeness (QED) is 0.644. The van der Waals surface area contributed by atoms with Gasteiger partial charge < -0.3 is 5.32 Å². The predicted octanol–water partition coefficient (Wildman–Crippen LogP) is 2.01. The van der Waals surface area contributed by atoms with Gasteiger partial charge in [0.1, 0.15) is 0 Å². The maximum absolute atomic E-state index is 11.3. The summed E-state index contributed by atoms with van der Waals surface area (Å²) >= 11 is 6.06. The van der Waals surface area contributed by atoms with E-state index in [1.807, 2.05) is 19.1 Å². The SMILES string of the molecule is CNC(=O)C1=CC=C(C)CCC1Cl. The zero-order chi connectivity index (χ0) is 9.84. The van der Waals surface area contributed by atoms with Crippen LogP contribution < -0.4 is 5.32 Å². The van der Waals surface area contributed by atoms with Crippen LogP contribution in [0, 0.1) is 0 Å². The minimum atomic E-state index is -0.159. The summed E-state index contributed by atoms with van der Waals surface area (Å²) in [4.78, 5) is 11.3. The van der Waals surface area contributed by atoms with E-state index in [4.69, 9.17) is 11.6 Å². The fourth-order valence-corrected chi connectivity index (χ4v) is 1.57.